The number of benzene rings is 2. The topological polar surface area (TPSA) is 96.6 Å². The molecule has 1 atom stereocenters. The molecule has 0 fully saturated rings. The van der Waals surface area contributed by atoms with Gasteiger partial charge < -0.3 is 14.2 Å². The molecule has 4 rings (SSSR count). The van der Waals surface area contributed by atoms with Crippen LogP contribution in [0.15, 0.2) is 58.1 Å². The van der Waals surface area contributed by atoms with Gasteiger partial charge >= 0.3 is 0 Å². The molecule has 0 bridgehead atoms. The fraction of sp³-hybridized carbons (Fsp3) is 0.379. The lowest BCUT2D eigenvalue weighted by Crippen LogP contribution is -2.35. The van der Waals surface area contributed by atoms with E-state index in [1.165, 1.54) is 22.3 Å². The number of nitrogens with zero attached hydrogens (tertiary/aromatic N) is 3. The lowest BCUT2D eigenvalue weighted by molar-refractivity contribution is -0.114. The molecule has 0 aliphatic carbocycles. The van der Waals surface area contributed by atoms with E-state index in [0.29, 0.717) is 47.3 Å². The molecule has 38 heavy (non-hydrogen) atoms. The third-order valence-electron chi connectivity index (χ3n) is 6.24. The predicted octanol–water partition coefficient (Wildman–Crippen LogP) is 6.33. The van der Waals surface area contributed by atoms with E-state index in [1.54, 1.807) is 25.3 Å². The van der Waals surface area contributed by atoms with Crippen LogP contribution in [0.25, 0.3) is 6.08 Å². The van der Waals surface area contributed by atoms with Crippen molar-refractivity contribution >= 4 is 39.8 Å². The minimum absolute atomic E-state index is 0.0142. The summed E-state index contributed by atoms with van der Waals surface area (Å²) in [5.41, 5.74) is 2.06. The van der Waals surface area contributed by atoms with Gasteiger partial charge in [0.05, 0.1) is 12.7 Å². The molecule has 2 aliphatic rings. The molecular weight excluding hydrogens is 500 g/mol. The Kier molecular flexibility index (Phi) is 8.89. The third-order valence-corrected chi connectivity index (χ3v) is 7.17. The summed E-state index contributed by atoms with van der Waals surface area (Å²) < 4.78 is 17.5. The summed E-state index contributed by atoms with van der Waals surface area (Å²) in [4.78, 5) is 16.9. The average molecular weight is 535 g/mol. The molecule has 0 saturated carbocycles. The van der Waals surface area contributed by atoms with E-state index >= 15 is 0 Å². The molecule has 2 aromatic carbocycles. The molecule has 2 aromatic rings. The van der Waals surface area contributed by atoms with Gasteiger partial charge in [0.15, 0.2) is 17.3 Å². The number of para-hydroxylation sites is 1. The van der Waals surface area contributed by atoms with E-state index < -0.39 is 5.91 Å². The van der Waals surface area contributed by atoms with Crippen LogP contribution in [0.1, 0.15) is 57.6 Å². The molecule has 2 heterocycles. The Morgan fingerprint density at radius 3 is 2.50 bits per heavy atom. The highest BCUT2D eigenvalue weighted by atomic mass is 32.2. The van der Waals surface area contributed by atoms with Crippen molar-refractivity contribution in [2.45, 2.75) is 46.5 Å². The van der Waals surface area contributed by atoms with Crippen molar-refractivity contribution in [3.05, 3.63) is 59.2 Å². The number of thioether (sulfide) groups is 1. The van der Waals surface area contributed by atoms with Crippen molar-refractivity contribution < 1.29 is 19.0 Å². The first-order valence-corrected chi connectivity index (χ1v) is 13.6. The molecule has 0 spiro atoms. The zero-order chi connectivity index (χ0) is 27.2. The number of fused-ring (bicyclic) bond motifs is 1. The maximum atomic E-state index is 12.7. The normalized spacial score (nSPS) is 16.9. The van der Waals surface area contributed by atoms with Crippen LogP contribution in [0.5, 0.6) is 17.2 Å². The summed E-state index contributed by atoms with van der Waals surface area (Å²) >= 11 is 1.35. The van der Waals surface area contributed by atoms with Crippen LogP contribution in [0.2, 0.25) is 0 Å². The number of hydrogen-bond donors (Lipinski definition) is 1. The Hall–Kier alpha value is -3.59. The van der Waals surface area contributed by atoms with Crippen molar-refractivity contribution in [2.75, 3.05) is 20.3 Å². The highest BCUT2D eigenvalue weighted by molar-refractivity contribution is 8.26. The van der Waals surface area contributed by atoms with E-state index in [9.17, 15) is 4.79 Å². The molecule has 0 radical (unpaired) electrons. The van der Waals surface area contributed by atoms with Gasteiger partial charge in [-0.05, 0) is 65.4 Å². The van der Waals surface area contributed by atoms with Crippen molar-refractivity contribution in [3.8, 4) is 17.2 Å². The summed E-state index contributed by atoms with van der Waals surface area (Å²) in [5.74, 6) is 2.36. The molecular formula is C29H34N4O4S. The van der Waals surface area contributed by atoms with E-state index in [2.05, 4.69) is 43.9 Å². The van der Waals surface area contributed by atoms with Crippen LogP contribution in [-0.4, -0.2) is 47.3 Å². The number of hydrazone groups is 1. The maximum absolute atomic E-state index is 12.7. The maximum Gasteiger partial charge on any atom is 0.283 e. The van der Waals surface area contributed by atoms with Gasteiger partial charge in [-0.3, -0.25) is 10.2 Å². The molecule has 1 N–H and O–H groups in total. The summed E-state index contributed by atoms with van der Waals surface area (Å²) in [5, 5.41) is 15.8. The standard InChI is InChI=1S/C29H34N4O4S/c1-6-19(4)21-9-7-8-10-23(21)36-13-14-37-24-12-11-20(17-25(24)35-5)16-22-27(30)33-29(31-28(22)34)38-26(32-33)15-18(2)3/h7-12,16-19,30H,6,13-15H2,1-5H3/b22-16-,30-27?. The van der Waals surface area contributed by atoms with Crippen LogP contribution in [0.4, 0.5) is 0 Å². The molecule has 8 nitrogen and oxygen atoms in total. The van der Waals surface area contributed by atoms with Gasteiger partial charge in [-0.2, -0.15) is 15.1 Å². The first kappa shape index (κ1) is 27.4. The highest BCUT2D eigenvalue weighted by Gasteiger charge is 2.35. The molecule has 0 aromatic heterocycles. The van der Waals surface area contributed by atoms with Gasteiger partial charge in [0.25, 0.3) is 5.91 Å². The number of amides is 1. The second kappa shape index (κ2) is 12.3. The number of hydrogen-bond acceptors (Lipinski definition) is 7. The highest BCUT2D eigenvalue weighted by Crippen LogP contribution is 2.33. The fourth-order valence-electron chi connectivity index (χ4n) is 4.07. The van der Waals surface area contributed by atoms with Crippen LogP contribution in [0.3, 0.4) is 0 Å². The zero-order valence-electron chi connectivity index (χ0n) is 22.5. The van der Waals surface area contributed by atoms with E-state index in [1.807, 2.05) is 24.3 Å². The second-order valence-electron chi connectivity index (χ2n) is 9.57. The number of methoxy groups -OCH3 is 1. The molecule has 1 amide bonds. The molecule has 200 valence electrons. The van der Waals surface area contributed by atoms with Crippen LogP contribution >= 0.6 is 11.8 Å². The monoisotopic (exact) mass is 534 g/mol. The van der Waals surface area contributed by atoms with Crippen LogP contribution in [-0.2, 0) is 4.79 Å². The number of nitrogens with one attached hydrogen (secondary N) is 1. The number of carbonyl (C=O) groups excluding carboxylic acids is 1. The predicted molar refractivity (Wildman–Crippen MR) is 154 cm³/mol. The molecule has 1 unspecified atom stereocenters. The smallest absolute Gasteiger partial charge is 0.283 e. The molecule has 2 aliphatic heterocycles. The summed E-state index contributed by atoms with van der Waals surface area (Å²) in [7, 11) is 1.56. The summed E-state index contributed by atoms with van der Waals surface area (Å²) in [6.07, 6.45) is 3.44. The Morgan fingerprint density at radius 1 is 1.05 bits per heavy atom. The first-order chi connectivity index (χ1) is 18.3. The second-order valence-corrected chi connectivity index (χ2v) is 10.6. The third kappa shape index (κ3) is 6.27. The van der Waals surface area contributed by atoms with Crippen molar-refractivity contribution in [3.63, 3.8) is 0 Å². The minimum atomic E-state index is -0.455. The largest absolute Gasteiger partial charge is 0.493 e. The quantitative estimate of drug-likeness (QED) is 0.267. The number of aliphatic imine (C=N–C) groups is 1. The van der Waals surface area contributed by atoms with Crippen molar-refractivity contribution in [2.24, 2.45) is 16.0 Å². The van der Waals surface area contributed by atoms with Crippen LogP contribution in [0, 0.1) is 11.3 Å². The number of amidine groups is 2. The van der Waals surface area contributed by atoms with Gasteiger partial charge in [0.2, 0.25) is 5.17 Å². The van der Waals surface area contributed by atoms with Gasteiger partial charge in [-0.1, -0.05) is 52.0 Å². The Balaban J connectivity index is 1.42. The van der Waals surface area contributed by atoms with Crippen molar-refractivity contribution in [1.82, 2.24) is 5.01 Å². The Bertz CT molecular complexity index is 1300. The van der Waals surface area contributed by atoms with Gasteiger partial charge in [-0.25, -0.2) is 0 Å². The lowest BCUT2D eigenvalue weighted by atomic mass is 9.98. The first-order valence-electron chi connectivity index (χ1n) is 12.8. The SMILES string of the molecule is CCC(C)c1ccccc1OCCOc1ccc(/C=C2/C(=N)N3N=C(CC(C)C)SC3=NC2=O)cc1OC. The lowest BCUT2D eigenvalue weighted by Gasteiger charge is -2.20. The Morgan fingerprint density at radius 2 is 1.79 bits per heavy atom. The van der Waals surface area contributed by atoms with Gasteiger partial charge in [0, 0.05) is 6.42 Å². The van der Waals surface area contributed by atoms with E-state index in [4.69, 9.17) is 19.6 Å². The summed E-state index contributed by atoms with van der Waals surface area (Å²) in [6.45, 7) is 9.29. The zero-order valence-corrected chi connectivity index (χ0v) is 23.3. The number of carbonyl (C=O) groups is 1. The van der Waals surface area contributed by atoms with Crippen molar-refractivity contribution in [1.29, 1.82) is 5.41 Å². The Labute approximate surface area is 228 Å². The van der Waals surface area contributed by atoms with E-state index in [0.717, 1.165) is 23.6 Å². The average Bonchev–Trinajstić information content (AvgIpc) is 3.30. The minimum Gasteiger partial charge on any atom is -0.493 e. The number of ether oxygens (including phenoxy) is 3. The molecule has 9 heteroatoms. The van der Waals surface area contributed by atoms with Gasteiger partial charge in [0.1, 0.15) is 24.0 Å². The van der Waals surface area contributed by atoms with Gasteiger partial charge in [-0.15, -0.1) is 0 Å². The molecule has 0 saturated heterocycles. The fourth-order valence-corrected chi connectivity index (χ4v) is 5.16. The summed E-state index contributed by atoms with van der Waals surface area (Å²) in [6, 6.07) is 13.5. The van der Waals surface area contributed by atoms with E-state index in [-0.39, 0.29) is 11.4 Å². The van der Waals surface area contributed by atoms with Crippen LogP contribution < -0.4 is 14.2 Å². The number of rotatable bonds is 11.